The molecule has 0 aliphatic rings. The SMILES string of the molecule is COc1ccccc1-c1nn(-c2ccccc2)cc1CCl. The molecule has 0 radical (unpaired) electrons. The van der Waals surface area contributed by atoms with Crippen molar-refractivity contribution in [3.8, 4) is 22.7 Å². The Labute approximate surface area is 128 Å². The molecule has 0 fully saturated rings. The summed E-state index contributed by atoms with van der Waals surface area (Å²) < 4.78 is 7.27. The van der Waals surface area contributed by atoms with Gasteiger partial charge in [0, 0.05) is 17.3 Å². The third kappa shape index (κ3) is 2.65. The van der Waals surface area contributed by atoms with E-state index in [4.69, 9.17) is 16.3 Å². The van der Waals surface area contributed by atoms with Crippen molar-refractivity contribution >= 4 is 11.6 Å². The van der Waals surface area contributed by atoms with Crippen molar-refractivity contribution in [2.75, 3.05) is 7.11 Å². The van der Waals surface area contributed by atoms with Gasteiger partial charge < -0.3 is 4.74 Å². The van der Waals surface area contributed by atoms with Crippen molar-refractivity contribution in [3.63, 3.8) is 0 Å². The van der Waals surface area contributed by atoms with Gasteiger partial charge in [-0.25, -0.2) is 4.68 Å². The summed E-state index contributed by atoms with van der Waals surface area (Å²) >= 11 is 6.08. The maximum Gasteiger partial charge on any atom is 0.128 e. The Balaban J connectivity index is 2.13. The lowest BCUT2D eigenvalue weighted by Crippen LogP contribution is -1.95. The monoisotopic (exact) mass is 298 g/mol. The van der Waals surface area contributed by atoms with Crippen molar-refractivity contribution in [1.29, 1.82) is 0 Å². The fraction of sp³-hybridized carbons (Fsp3) is 0.118. The number of rotatable bonds is 4. The average Bonchev–Trinajstić information content (AvgIpc) is 2.99. The van der Waals surface area contributed by atoms with Gasteiger partial charge in [-0.2, -0.15) is 5.10 Å². The van der Waals surface area contributed by atoms with E-state index in [2.05, 4.69) is 5.10 Å². The molecule has 106 valence electrons. The van der Waals surface area contributed by atoms with Crippen LogP contribution < -0.4 is 4.74 Å². The van der Waals surface area contributed by atoms with Crippen LogP contribution in [0.1, 0.15) is 5.56 Å². The Bertz CT molecular complexity index is 738. The van der Waals surface area contributed by atoms with Gasteiger partial charge in [-0.3, -0.25) is 0 Å². The molecule has 0 aliphatic carbocycles. The lowest BCUT2D eigenvalue weighted by atomic mass is 10.1. The van der Waals surface area contributed by atoms with Crippen LogP contribution in [0.4, 0.5) is 0 Å². The molecule has 3 nitrogen and oxygen atoms in total. The van der Waals surface area contributed by atoms with Crippen molar-refractivity contribution in [2.45, 2.75) is 5.88 Å². The molecule has 1 heterocycles. The third-order valence-corrected chi connectivity index (χ3v) is 3.60. The van der Waals surface area contributed by atoms with Crippen LogP contribution in [0.25, 0.3) is 16.9 Å². The molecule has 0 aliphatic heterocycles. The first-order chi connectivity index (χ1) is 10.3. The first kappa shape index (κ1) is 13.7. The van der Waals surface area contributed by atoms with Crippen molar-refractivity contribution in [3.05, 3.63) is 66.4 Å². The summed E-state index contributed by atoms with van der Waals surface area (Å²) in [6.45, 7) is 0. The molecular weight excluding hydrogens is 284 g/mol. The van der Waals surface area contributed by atoms with Crippen LogP contribution >= 0.6 is 11.6 Å². The minimum absolute atomic E-state index is 0.403. The van der Waals surface area contributed by atoms with E-state index in [9.17, 15) is 0 Å². The average molecular weight is 299 g/mol. The Morgan fingerprint density at radius 2 is 1.76 bits per heavy atom. The normalized spacial score (nSPS) is 10.6. The van der Waals surface area contributed by atoms with E-state index in [0.717, 1.165) is 28.3 Å². The molecule has 21 heavy (non-hydrogen) atoms. The summed E-state index contributed by atoms with van der Waals surface area (Å²) in [5.41, 5.74) is 3.78. The Morgan fingerprint density at radius 1 is 1.05 bits per heavy atom. The number of hydrogen-bond acceptors (Lipinski definition) is 2. The number of halogens is 1. The second-order valence-corrected chi connectivity index (χ2v) is 4.88. The molecule has 3 rings (SSSR count). The van der Waals surface area contributed by atoms with Gasteiger partial charge >= 0.3 is 0 Å². The molecular formula is C17H15ClN2O. The highest BCUT2D eigenvalue weighted by atomic mass is 35.5. The molecule has 3 aromatic rings. The van der Waals surface area contributed by atoms with E-state index in [-0.39, 0.29) is 0 Å². The standard InChI is InChI=1S/C17H15ClN2O/c1-21-16-10-6-5-9-15(16)17-13(11-18)12-20(19-17)14-7-3-2-4-8-14/h2-10,12H,11H2,1H3. The molecule has 0 bridgehead atoms. The van der Waals surface area contributed by atoms with Crippen LogP contribution in [0.15, 0.2) is 60.8 Å². The van der Waals surface area contributed by atoms with Crippen molar-refractivity contribution in [1.82, 2.24) is 9.78 Å². The summed E-state index contributed by atoms with van der Waals surface area (Å²) in [5.74, 6) is 1.20. The predicted octanol–water partition coefficient (Wildman–Crippen LogP) is 4.29. The van der Waals surface area contributed by atoms with Crippen molar-refractivity contribution < 1.29 is 4.74 Å². The lowest BCUT2D eigenvalue weighted by molar-refractivity contribution is 0.416. The van der Waals surface area contributed by atoms with E-state index in [0.29, 0.717) is 5.88 Å². The quantitative estimate of drug-likeness (QED) is 0.672. The number of nitrogens with zero attached hydrogens (tertiary/aromatic N) is 2. The molecule has 0 spiro atoms. The zero-order chi connectivity index (χ0) is 14.7. The number of methoxy groups -OCH3 is 1. The largest absolute Gasteiger partial charge is 0.496 e. The minimum atomic E-state index is 0.403. The van der Waals surface area contributed by atoms with E-state index in [1.165, 1.54) is 0 Å². The smallest absolute Gasteiger partial charge is 0.128 e. The highest BCUT2D eigenvalue weighted by molar-refractivity contribution is 6.17. The number of ether oxygens (including phenoxy) is 1. The topological polar surface area (TPSA) is 27.1 Å². The van der Waals surface area contributed by atoms with Gasteiger partial charge in [0.1, 0.15) is 11.4 Å². The fourth-order valence-corrected chi connectivity index (χ4v) is 2.48. The second-order valence-electron chi connectivity index (χ2n) is 4.62. The summed E-state index contributed by atoms with van der Waals surface area (Å²) in [6.07, 6.45) is 1.96. The Kier molecular flexibility index (Phi) is 3.93. The molecule has 4 heteroatoms. The van der Waals surface area contributed by atoms with E-state index in [1.54, 1.807) is 7.11 Å². The summed E-state index contributed by atoms with van der Waals surface area (Å²) in [4.78, 5) is 0. The zero-order valence-corrected chi connectivity index (χ0v) is 12.4. The number of hydrogen-bond donors (Lipinski definition) is 0. The Morgan fingerprint density at radius 3 is 2.48 bits per heavy atom. The second kappa shape index (κ2) is 6.02. The molecule has 1 aromatic heterocycles. The number of benzene rings is 2. The van der Waals surface area contributed by atoms with Crippen LogP contribution in [-0.4, -0.2) is 16.9 Å². The zero-order valence-electron chi connectivity index (χ0n) is 11.7. The van der Waals surface area contributed by atoms with Crippen LogP contribution in [0.5, 0.6) is 5.75 Å². The Hall–Kier alpha value is -2.26. The molecule has 0 amide bonds. The third-order valence-electron chi connectivity index (χ3n) is 3.32. The molecule has 0 saturated carbocycles. The van der Waals surface area contributed by atoms with Gasteiger partial charge in [0.2, 0.25) is 0 Å². The van der Waals surface area contributed by atoms with E-state index in [1.807, 2.05) is 65.5 Å². The van der Waals surface area contributed by atoms with Gasteiger partial charge in [-0.1, -0.05) is 30.3 Å². The number of alkyl halides is 1. The maximum atomic E-state index is 6.08. The van der Waals surface area contributed by atoms with Gasteiger partial charge in [0.15, 0.2) is 0 Å². The maximum absolute atomic E-state index is 6.08. The van der Waals surface area contributed by atoms with Crippen LogP contribution in [0, 0.1) is 0 Å². The highest BCUT2D eigenvalue weighted by Gasteiger charge is 2.14. The summed E-state index contributed by atoms with van der Waals surface area (Å²) in [5, 5.41) is 4.68. The van der Waals surface area contributed by atoms with E-state index < -0.39 is 0 Å². The number of para-hydroxylation sites is 2. The lowest BCUT2D eigenvalue weighted by Gasteiger charge is -2.06. The van der Waals surface area contributed by atoms with Crippen LogP contribution in [0.2, 0.25) is 0 Å². The van der Waals surface area contributed by atoms with Gasteiger partial charge in [-0.15, -0.1) is 11.6 Å². The van der Waals surface area contributed by atoms with Crippen LogP contribution in [-0.2, 0) is 5.88 Å². The minimum Gasteiger partial charge on any atom is -0.496 e. The first-order valence-electron chi connectivity index (χ1n) is 6.67. The van der Waals surface area contributed by atoms with Gasteiger partial charge in [0.05, 0.1) is 18.7 Å². The molecule has 2 aromatic carbocycles. The first-order valence-corrected chi connectivity index (χ1v) is 7.20. The molecule has 0 saturated heterocycles. The highest BCUT2D eigenvalue weighted by Crippen LogP contribution is 2.32. The summed E-state index contributed by atoms with van der Waals surface area (Å²) in [7, 11) is 1.66. The summed E-state index contributed by atoms with van der Waals surface area (Å²) in [6, 6.07) is 17.8. The number of aromatic nitrogens is 2. The van der Waals surface area contributed by atoms with Crippen LogP contribution in [0.3, 0.4) is 0 Å². The van der Waals surface area contributed by atoms with E-state index >= 15 is 0 Å². The predicted molar refractivity (Wildman–Crippen MR) is 85.1 cm³/mol. The molecule has 0 atom stereocenters. The fourth-order valence-electron chi connectivity index (χ4n) is 2.29. The molecule has 0 N–H and O–H groups in total. The van der Waals surface area contributed by atoms with Gasteiger partial charge in [-0.05, 0) is 24.3 Å². The molecule has 0 unspecified atom stereocenters. The van der Waals surface area contributed by atoms with Crippen molar-refractivity contribution in [2.24, 2.45) is 0 Å². The van der Waals surface area contributed by atoms with Gasteiger partial charge in [0.25, 0.3) is 0 Å².